The Kier molecular flexibility index (Phi) is 4.67. The minimum absolute atomic E-state index is 0.211. The van der Waals surface area contributed by atoms with Crippen LogP contribution in [0.1, 0.15) is 6.42 Å². The Hall–Kier alpha value is -2.73. The molecule has 0 aromatic carbocycles. The molecular weight excluding hydrogens is 326 g/mol. The Morgan fingerprint density at radius 1 is 1.04 bits per heavy atom. The van der Waals surface area contributed by atoms with Crippen molar-refractivity contribution in [1.82, 2.24) is 24.3 Å². The highest BCUT2D eigenvalue weighted by Crippen LogP contribution is 2.26. The molecule has 0 unspecified atom stereocenters. The molecular formula is C20H23N5O. The molecule has 0 radical (unpaired) electrons. The van der Waals surface area contributed by atoms with Gasteiger partial charge in [-0.15, -0.1) is 0 Å². The van der Waals surface area contributed by atoms with Gasteiger partial charge in [-0.1, -0.05) is 6.07 Å². The highest BCUT2D eigenvalue weighted by Gasteiger charge is 2.20. The normalized spacial score (nSPS) is 15.5. The highest BCUT2D eigenvalue weighted by atomic mass is 16.2. The van der Waals surface area contributed by atoms with Crippen molar-refractivity contribution in [3.05, 3.63) is 48.8 Å². The van der Waals surface area contributed by atoms with Crippen LogP contribution in [0.3, 0.4) is 0 Å². The number of nitrogens with zero attached hydrogens (tertiary/aromatic N) is 5. The third-order valence-corrected chi connectivity index (χ3v) is 4.99. The number of aryl methyl sites for hydroxylation is 1. The lowest BCUT2D eigenvalue weighted by atomic mass is 10.2. The second-order valence-corrected chi connectivity index (χ2v) is 6.75. The number of fused-ring (bicyclic) bond motifs is 1. The molecule has 4 rings (SSSR count). The van der Waals surface area contributed by atoms with Gasteiger partial charge in [-0.2, -0.15) is 0 Å². The molecule has 1 saturated heterocycles. The Morgan fingerprint density at radius 2 is 1.85 bits per heavy atom. The van der Waals surface area contributed by atoms with Crippen LogP contribution in [0, 0.1) is 0 Å². The van der Waals surface area contributed by atoms with Crippen LogP contribution in [0.4, 0.5) is 0 Å². The first kappa shape index (κ1) is 16.7. The number of hydrogen-bond donors (Lipinski definition) is 0. The smallest absolute Gasteiger partial charge is 0.224 e. The Labute approximate surface area is 153 Å². The fourth-order valence-corrected chi connectivity index (χ4v) is 3.46. The monoisotopic (exact) mass is 349 g/mol. The van der Waals surface area contributed by atoms with E-state index in [1.165, 1.54) is 0 Å². The van der Waals surface area contributed by atoms with Crippen LogP contribution in [0.5, 0.6) is 0 Å². The maximum atomic E-state index is 12.6. The minimum atomic E-state index is 0.211. The number of hydrogen-bond acceptors (Lipinski definition) is 4. The summed E-state index contributed by atoms with van der Waals surface area (Å²) in [5.74, 6) is 0.211. The molecule has 1 aliphatic rings. The SMILES string of the molecule is CN1CCN(C(=O)CCn2c(-c3ccccn3)cc3cccnc32)CC1. The number of carbonyl (C=O) groups excluding carboxylic acids is 1. The van der Waals surface area contributed by atoms with E-state index in [9.17, 15) is 4.79 Å². The topological polar surface area (TPSA) is 54.3 Å². The van der Waals surface area contributed by atoms with Crippen LogP contribution in [0.25, 0.3) is 22.4 Å². The minimum Gasteiger partial charge on any atom is -0.340 e. The summed E-state index contributed by atoms with van der Waals surface area (Å²) < 4.78 is 2.12. The molecule has 1 amide bonds. The quantitative estimate of drug-likeness (QED) is 0.725. The standard InChI is InChI=1S/C20H23N5O/c1-23-11-13-24(14-12-23)19(26)7-10-25-18(17-6-2-3-8-21-17)15-16-5-4-9-22-20(16)25/h2-6,8-9,15H,7,10-14H2,1H3. The molecule has 26 heavy (non-hydrogen) atoms. The van der Waals surface area contributed by atoms with Crippen molar-refractivity contribution < 1.29 is 4.79 Å². The van der Waals surface area contributed by atoms with Gasteiger partial charge in [0.15, 0.2) is 0 Å². The molecule has 0 N–H and O–H groups in total. The lowest BCUT2D eigenvalue weighted by Crippen LogP contribution is -2.47. The molecule has 6 nitrogen and oxygen atoms in total. The zero-order valence-corrected chi connectivity index (χ0v) is 15.0. The lowest BCUT2D eigenvalue weighted by Gasteiger charge is -2.32. The molecule has 0 saturated carbocycles. The zero-order valence-electron chi connectivity index (χ0n) is 15.0. The fourth-order valence-electron chi connectivity index (χ4n) is 3.46. The van der Waals surface area contributed by atoms with Gasteiger partial charge >= 0.3 is 0 Å². The third-order valence-electron chi connectivity index (χ3n) is 4.99. The summed E-state index contributed by atoms with van der Waals surface area (Å²) in [6, 6.07) is 12.0. The Morgan fingerprint density at radius 3 is 2.62 bits per heavy atom. The molecule has 1 aliphatic heterocycles. The van der Waals surface area contributed by atoms with Crippen LogP contribution in [0.15, 0.2) is 48.8 Å². The van der Waals surface area contributed by atoms with Crippen LogP contribution in [0.2, 0.25) is 0 Å². The summed E-state index contributed by atoms with van der Waals surface area (Å²) in [5.41, 5.74) is 2.81. The van der Waals surface area contributed by atoms with Crippen molar-refractivity contribution in [2.75, 3.05) is 33.2 Å². The molecule has 0 atom stereocenters. The number of amides is 1. The molecule has 6 heteroatoms. The predicted molar refractivity (Wildman–Crippen MR) is 102 cm³/mol. The summed E-state index contributed by atoms with van der Waals surface area (Å²) in [5, 5.41) is 1.07. The van der Waals surface area contributed by atoms with Gasteiger partial charge in [0.1, 0.15) is 5.65 Å². The van der Waals surface area contributed by atoms with E-state index in [4.69, 9.17) is 0 Å². The molecule has 0 bridgehead atoms. The second-order valence-electron chi connectivity index (χ2n) is 6.75. The number of rotatable bonds is 4. The van der Waals surface area contributed by atoms with Gasteiger partial charge in [-0.05, 0) is 37.4 Å². The molecule has 3 aromatic rings. The van der Waals surface area contributed by atoms with Gasteiger partial charge in [-0.3, -0.25) is 9.78 Å². The summed E-state index contributed by atoms with van der Waals surface area (Å²) in [6.07, 6.45) is 4.06. The number of carbonyl (C=O) groups is 1. The van der Waals surface area contributed by atoms with Crippen LogP contribution >= 0.6 is 0 Å². The van der Waals surface area contributed by atoms with Crippen molar-refractivity contribution >= 4 is 16.9 Å². The highest BCUT2D eigenvalue weighted by molar-refractivity contribution is 5.84. The number of aromatic nitrogens is 3. The Balaban J connectivity index is 1.58. The number of likely N-dealkylation sites (N-methyl/N-ethyl adjacent to an activating group) is 1. The number of pyridine rings is 2. The average Bonchev–Trinajstić information content (AvgIpc) is 3.06. The first-order valence-corrected chi connectivity index (χ1v) is 9.04. The van der Waals surface area contributed by atoms with Gasteiger partial charge in [0.05, 0.1) is 11.4 Å². The van der Waals surface area contributed by atoms with Gasteiger partial charge in [0.25, 0.3) is 0 Å². The molecule has 134 valence electrons. The van der Waals surface area contributed by atoms with Gasteiger partial charge in [-0.25, -0.2) is 4.98 Å². The average molecular weight is 349 g/mol. The largest absolute Gasteiger partial charge is 0.340 e. The maximum absolute atomic E-state index is 12.6. The van der Waals surface area contributed by atoms with E-state index in [1.54, 1.807) is 12.4 Å². The van der Waals surface area contributed by atoms with E-state index < -0.39 is 0 Å². The van der Waals surface area contributed by atoms with Gasteiger partial charge in [0.2, 0.25) is 5.91 Å². The van der Waals surface area contributed by atoms with E-state index in [-0.39, 0.29) is 5.91 Å². The third kappa shape index (κ3) is 3.32. The van der Waals surface area contributed by atoms with Crippen molar-refractivity contribution in [2.24, 2.45) is 0 Å². The van der Waals surface area contributed by atoms with E-state index >= 15 is 0 Å². The van der Waals surface area contributed by atoms with Gasteiger partial charge in [0, 0.05) is 56.9 Å². The zero-order chi connectivity index (χ0) is 17.9. The summed E-state index contributed by atoms with van der Waals surface area (Å²) in [7, 11) is 2.10. The lowest BCUT2D eigenvalue weighted by molar-refractivity contribution is -0.132. The fraction of sp³-hybridized carbons (Fsp3) is 0.350. The van der Waals surface area contributed by atoms with Crippen LogP contribution in [-0.4, -0.2) is 63.5 Å². The van der Waals surface area contributed by atoms with Crippen molar-refractivity contribution in [2.45, 2.75) is 13.0 Å². The summed E-state index contributed by atoms with van der Waals surface area (Å²) in [6.45, 7) is 4.12. The second kappa shape index (κ2) is 7.25. The van der Waals surface area contributed by atoms with E-state index in [2.05, 4.69) is 32.5 Å². The maximum Gasteiger partial charge on any atom is 0.224 e. The predicted octanol–water partition coefficient (Wildman–Crippen LogP) is 2.26. The first-order chi connectivity index (χ1) is 12.7. The van der Waals surface area contributed by atoms with E-state index in [1.807, 2.05) is 35.2 Å². The molecule has 3 aromatic heterocycles. The van der Waals surface area contributed by atoms with Crippen molar-refractivity contribution in [3.63, 3.8) is 0 Å². The van der Waals surface area contributed by atoms with E-state index in [0.717, 1.165) is 48.6 Å². The first-order valence-electron chi connectivity index (χ1n) is 9.04. The van der Waals surface area contributed by atoms with Crippen molar-refractivity contribution in [1.29, 1.82) is 0 Å². The van der Waals surface area contributed by atoms with Crippen LogP contribution in [-0.2, 0) is 11.3 Å². The molecule has 0 spiro atoms. The molecule has 4 heterocycles. The summed E-state index contributed by atoms with van der Waals surface area (Å²) in [4.78, 5) is 25.9. The molecule has 0 aliphatic carbocycles. The number of piperazine rings is 1. The summed E-state index contributed by atoms with van der Waals surface area (Å²) >= 11 is 0. The van der Waals surface area contributed by atoms with Gasteiger partial charge < -0.3 is 14.4 Å². The van der Waals surface area contributed by atoms with E-state index in [0.29, 0.717) is 13.0 Å². The van der Waals surface area contributed by atoms with Crippen molar-refractivity contribution in [3.8, 4) is 11.4 Å². The molecule has 1 fully saturated rings. The van der Waals surface area contributed by atoms with Crippen LogP contribution < -0.4 is 0 Å². The Bertz CT molecular complexity index is 897.